The van der Waals surface area contributed by atoms with E-state index < -0.39 is 0 Å². The molecule has 0 aromatic carbocycles. The van der Waals surface area contributed by atoms with Crippen molar-refractivity contribution < 1.29 is 9.84 Å². The molecule has 2 nitrogen and oxygen atoms in total. The number of ether oxygens (including phenoxy) is 1. The van der Waals surface area contributed by atoms with Crippen LogP contribution in [0.1, 0.15) is 26.7 Å². The molecule has 0 atom stereocenters. The van der Waals surface area contributed by atoms with Gasteiger partial charge in [-0.25, -0.2) is 0 Å². The zero-order chi connectivity index (χ0) is 10.8. The van der Waals surface area contributed by atoms with Crippen LogP contribution in [0.3, 0.4) is 0 Å². The number of hydrogen-bond acceptors (Lipinski definition) is 2. The molecule has 0 aromatic rings. The third-order valence-corrected chi connectivity index (χ3v) is 1.74. The molecule has 0 aromatic heterocycles. The molecule has 0 saturated heterocycles. The lowest BCUT2D eigenvalue weighted by Crippen LogP contribution is -1.97. The third kappa shape index (κ3) is 6.49. The molecule has 0 amide bonds. The van der Waals surface area contributed by atoms with Gasteiger partial charge in [-0.3, -0.25) is 0 Å². The molecule has 14 heavy (non-hydrogen) atoms. The van der Waals surface area contributed by atoms with E-state index in [-0.39, 0.29) is 6.61 Å². The minimum atomic E-state index is 0.0306. The smallest absolute Gasteiger partial charge is 0.118 e. The maximum Gasteiger partial charge on any atom is 0.118 e. The van der Waals surface area contributed by atoms with Gasteiger partial charge in [0.05, 0.1) is 6.61 Å². The van der Waals surface area contributed by atoms with Gasteiger partial charge in [-0.1, -0.05) is 31.6 Å². The van der Waals surface area contributed by atoms with Crippen LogP contribution in [0.2, 0.25) is 0 Å². The Hall–Kier alpha value is -1.02. The Balaban J connectivity index is 4.14. The highest BCUT2D eigenvalue weighted by Crippen LogP contribution is 2.05. The minimum absolute atomic E-state index is 0.0306. The summed E-state index contributed by atoms with van der Waals surface area (Å²) < 4.78 is 5.22. The summed E-state index contributed by atoms with van der Waals surface area (Å²) in [6.45, 7) is 8.22. The summed E-state index contributed by atoms with van der Waals surface area (Å²) in [5.74, 6) is 0.703. The summed E-state index contributed by atoms with van der Waals surface area (Å²) in [6, 6.07) is 0. The second-order valence-corrected chi connectivity index (χ2v) is 3.11. The molecule has 0 radical (unpaired) electrons. The quantitative estimate of drug-likeness (QED) is 0.501. The Kier molecular flexibility index (Phi) is 7.95. The average Bonchev–Trinajstić information content (AvgIpc) is 2.19. The van der Waals surface area contributed by atoms with Crippen LogP contribution in [0.4, 0.5) is 0 Å². The fourth-order valence-electron chi connectivity index (χ4n) is 1.04. The average molecular weight is 196 g/mol. The molecule has 0 unspecified atom stereocenters. The van der Waals surface area contributed by atoms with Crippen molar-refractivity contribution in [2.75, 3.05) is 13.2 Å². The van der Waals surface area contributed by atoms with Gasteiger partial charge in [0, 0.05) is 0 Å². The van der Waals surface area contributed by atoms with Gasteiger partial charge in [-0.2, -0.15) is 0 Å². The van der Waals surface area contributed by atoms with Crippen LogP contribution in [-0.4, -0.2) is 18.3 Å². The van der Waals surface area contributed by atoms with E-state index in [0.29, 0.717) is 12.4 Å². The van der Waals surface area contributed by atoms with E-state index in [4.69, 9.17) is 9.84 Å². The molecule has 2 heteroatoms. The van der Waals surface area contributed by atoms with Crippen molar-refractivity contribution in [1.82, 2.24) is 0 Å². The van der Waals surface area contributed by atoms with Gasteiger partial charge in [0.1, 0.15) is 12.4 Å². The Morgan fingerprint density at radius 1 is 1.43 bits per heavy atom. The van der Waals surface area contributed by atoms with Crippen LogP contribution in [0, 0.1) is 0 Å². The van der Waals surface area contributed by atoms with E-state index in [9.17, 15) is 0 Å². The summed E-state index contributed by atoms with van der Waals surface area (Å²) in [6.07, 6.45) is 7.80. The molecule has 0 bridgehead atoms. The fourth-order valence-corrected chi connectivity index (χ4v) is 1.04. The fraction of sp³-hybridized carbons (Fsp3) is 0.500. The summed E-state index contributed by atoms with van der Waals surface area (Å²) >= 11 is 0. The predicted molar refractivity (Wildman–Crippen MR) is 60.0 cm³/mol. The van der Waals surface area contributed by atoms with Crippen molar-refractivity contribution in [3.8, 4) is 0 Å². The van der Waals surface area contributed by atoms with Crippen molar-refractivity contribution in [3.63, 3.8) is 0 Å². The van der Waals surface area contributed by atoms with Crippen molar-refractivity contribution in [1.29, 1.82) is 0 Å². The Morgan fingerprint density at radius 2 is 2.14 bits per heavy atom. The number of allylic oxidation sites excluding steroid dienone is 4. The van der Waals surface area contributed by atoms with Gasteiger partial charge < -0.3 is 9.84 Å². The third-order valence-electron chi connectivity index (χ3n) is 1.74. The lowest BCUT2D eigenvalue weighted by molar-refractivity contribution is 0.152. The molecular weight excluding hydrogens is 176 g/mol. The van der Waals surface area contributed by atoms with Crippen molar-refractivity contribution >= 4 is 0 Å². The van der Waals surface area contributed by atoms with E-state index in [1.165, 1.54) is 5.57 Å². The SMILES string of the molecule is C=C/C(=C\C=C(/C)CCC)OCCO. The van der Waals surface area contributed by atoms with Gasteiger partial charge in [-0.05, 0) is 25.5 Å². The largest absolute Gasteiger partial charge is 0.491 e. The number of aliphatic hydroxyl groups is 1. The van der Waals surface area contributed by atoms with E-state index in [1.54, 1.807) is 6.08 Å². The summed E-state index contributed by atoms with van der Waals surface area (Å²) in [4.78, 5) is 0. The van der Waals surface area contributed by atoms with Gasteiger partial charge in [0.15, 0.2) is 0 Å². The predicted octanol–water partition coefficient (Wildman–Crippen LogP) is 2.81. The maximum atomic E-state index is 8.57. The van der Waals surface area contributed by atoms with Crippen molar-refractivity contribution in [3.05, 3.63) is 36.1 Å². The first kappa shape index (κ1) is 13.0. The molecule has 1 N–H and O–H groups in total. The summed E-state index contributed by atoms with van der Waals surface area (Å²) in [5, 5.41) is 8.57. The Morgan fingerprint density at radius 3 is 2.64 bits per heavy atom. The van der Waals surface area contributed by atoms with Crippen molar-refractivity contribution in [2.24, 2.45) is 0 Å². The number of hydrogen-bond donors (Lipinski definition) is 1. The van der Waals surface area contributed by atoms with Crippen molar-refractivity contribution in [2.45, 2.75) is 26.7 Å². The minimum Gasteiger partial charge on any atom is -0.491 e. The molecule has 0 fully saturated rings. The zero-order valence-corrected chi connectivity index (χ0v) is 9.12. The monoisotopic (exact) mass is 196 g/mol. The zero-order valence-electron chi connectivity index (χ0n) is 9.12. The topological polar surface area (TPSA) is 29.5 Å². The van der Waals surface area contributed by atoms with Crippen LogP contribution < -0.4 is 0 Å². The molecule has 0 heterocycles. The Bertz CT molecular complexity index is 214. The maximum absolute atomic E-state index is 8.57. The van der Waals surface area contributed by atoms with Gasteiger partial charge in [0.25, 0.3) is 0 Å². The van der Waals surface area contributed by atoms with E-state index in [2.05, 4.69) is 20.4 Å². The van der Waals surface area contributed by atoms with Crippen LogP contribution in [0.25, 0.3) is 0 Å². The number of rotatable bonds is 7. The normalized spacial score (nSPS) is 12.8. The van der Waals surface area contributed by atoms with Gasteiger partial charge in [0.2, 0.25) is 0 Å². The highest BCUT2D eigenvalue weighted by atomic mass is 16.5. The molecular formula is C12H20O2. The standard InChI is InChI=1S/C12H20O2/c1-4-6-11(3)7-8-12(5-2)14-10-9-13/h5,7-8,13H,2,4,6,9-10H2,1,3H3/b11-7+,12-8+. The molecule has 0 aliphatic rings. The molecule has 0 saturated carbocycles. The Labute approximate surface area is 86.6 Å². The van der Waals surface area contributed by atoms with Gasteiger partial charge in [-0.15, -0.1) is 0 Å². The number of aliphatic hydroxyl groups excluding tert-OH is 1. The first-order chi connectivity index (χ1) is 6.74. The van der Waals surface area contributed by atoms with E-state index in [0.717, 1.165) is 12.8 Å². The van der Waals surface area contributed by atoms with Crippen LogP contribution in [-0.2, 0) is 4.74 Å². The lowest BCUT2D eigenvalue weighted by Gasteiger charge is -2.03. The van der Waals surface area contributed by atoms with Gasteiger partial charge >= 0.3 is 0 Å². The summed E-state index contributed by atoms with van der Waals surface area (Å²) in [7, 11) is 0. The van der Waals surface area contributed by atoms with Crippen LogP contribution in [0.5, 0.6) is 0 Å². The van der Waals surface area contributed by atoms with Crippen LogP contribution in [0.15, 0.2) is 36.1 Å². The van der Waals surface area contributed by atoms with E-state index in [1.807, 2.05) is 12.2 Å². The van der Waals surface area contributed by atoms with Crippen LogP contribution >= 0.6 is 0 Å². The molecule has 0 aliphatic carbocycles. The summed E-state index contributed by atoms with van der Waals surface area (Å²) in [5.41, 5.74) is 1.32. The highest BCUT2D eigenvalue weighted by Gasteiger charge is 1.90. The first-order valence-corrected chi connectivity index (χ1v) is 4.98. The molecule has 80 valence electrons. The highest BCUT2D eigenvalue weighted by molar-refractivity contribution is 5.19. The van der Waals surface area contributed by atoms with E-state index >= 15 is 0 Å². The second kappa shape index (κ2) is 8.57. The second-order valence-electron chi connectivity index (χ2n) is 3.11. The molecule has 0 rings (SSSR count). The first-order valence-electron chi connectivity index (χ1n) is 4.98. The lowest BCUT2D eigenvalue weighted by atomic mass is 10.1. The molecule has 0 aliphatic heterocycles. The molecule has 0 spiro atoms.